The molecule has 3 rings (SSSR count). The van der Waals surface area contributed by atoms with Gasteiger partial charge in [0.25, 0.3) is 0 Å². The lowest BCUT2D eigenvalue weighted by Crippen LogP contribution is -2.13. The molecule has 1 aliphatic carbocycles. The van der Waals surface area contributed by atoms with E-state index in [9.17, 15) is 4.79 Å². The summed E-state index contributed by atoms with van der Waals surface area (Å²) in [6, 6.07) is 15.3. The zero-order chi connectivity index (χ0) is 21.2. The highest BCUT2D eigenvalue weighted by Crippen LogP contribution is 2.37. The fourth-order valence-electron chi connectivity index (χ4n) is 4.40. The quantitative estimate of drug-likeness (QED) is 0.231. The topological polar surface area (TPSA) is 35.5 Å². The van der Waals surface area contributed by atoms with E-state index in [1.54, 1.807) is 12.1 Å². The van der Waals surface area contributed by atoms with Crippen LogP contribution < -0.4 is 9.47 Å². The van der Waals surface area contributed by atoms with Gasteiger partial charge in [0.05, 0.1) is 12.2 Å². The minimum Gasteiger partial charge on any atom is -0.494 e. The first-order valence-electron chi connectivity index (χ1n) is 11.7. The fraction of sp³-hybridized carbons (Fsp3) is 0.519. The Morgan fingerprint density at radius 2 is 1.50 bits per heavy atom. The van der Waals surface area contributed by atoms with Crippen molar-refractivity contribution in [3.8, 4) is 11.5 Å². The number of rotatable bonds is 10. The molecule has 1 fully saturated rings. The normalized spacial score (nSPS) is 18.7. The van der Waals surface area contributed by atoms with E-state index in [-0.39, 0.29) is 5.97 Å². The van der Waals surface area contributed by atoms with Crippen LogP contribution in [0.4, 0.5) is 0 Å². The van der Waals surface area contributed by atoms with Crippen LogP contribution >= 0.6 is 0 Å². The summed E-state index contributed by atoms with van der Waals surface area (Å²) < 4.78 is 11.3. The van der Waals surface area contributed by atoms with E-state index in [2.05, 4.69) is 26.0 Å². The van der Waals surface area contributed by atoms with Gasteiger partial charge in [0.1, 0.15) is 11.5 Å². The maximum absolute atomic E-state index is 12.4. The van der Waals surface area contributed by atoms with Crippen LogP contribution in [0.25, 0.3) is 0 Å². The molecule has 0 atom stereocenters. The maximum Gasteiger partial charge on any atom is 0.343 e. The summed E-state index contributed by atoms with van der Waals surface area (Å²) in [6.07, 6.45) is 11.3. The van der Waals surface area contributed by atoms with E-state index in [1.165, 1.54) is 56.9 Å². The zero-order valence-corrected chi connectivity index (χ0v) is 18.6. The molecule has 0 aliphatic heterocycles. The lowest BCUT2D eigenvalue weighted by atomic mass is 9.77. The van der Waals surface area contributed by atoms with Crippen molar-refractivity contribution in [2.45, 2.75) is 77.6 Å². The Morgan fingerprint density at radius 3 is 2.13 bits per heavy atom. The molecule has 0 radical (unpaired) electrons. The first kappa shape index (κ1) is 22.4. The average Bonchev–Trinajstić information content (AvgIpc) is 2.78. The van der Waals surface area contributed by atoms with Gasteiger partial charge in [-0.1, -0.05) is 51.7 Å². The summed E-state index contributed by atoms with van der Waals surface area (Å²) in [5.74, 6) is 2.62. The van der Waals surface area contributed by atoms with Crippen molar-refractivity contribution in [2.24, 2.45) is 5.92 Å². The van der Waals surface area contributed by atoms with Gasteiger partial charge in [0.2, 0.25) is 0 Å². The third-order valence-electron chi connectivity index (χ3n) is 6.21. The molecule has 0 saturated heterocycles. The number of ether oxygens (including phenoxy) is 2. The molecular formula is C27H36O3. The number of benzene rings is 2. The highest BCUT2D eigenvalue weighted by atomic mass is 16.5. The number of hydrogen-bond acceptors (Lipinski definition) is 3. The molecule has 0 aromatic heterocycles. The SMILES string of the molecule is CCCCCOc1ccc(C(=O)Oc2ccc(C3CCC(CCC)CC3)cc2)cc1. The molecule has 0 amide bonds. The van der Waals surface area contributed by atoms with Crippen LogP contribution in [0.5, 0.6) is 11.5 Å². The van der Waals surface area contributed by atoms with Gasteiger partial charge in [-0.15, -0.1) is 0 Å². The van der Waals surface area contributed by atoms with Crippen LogP contribution in [-0.4, -0.2) is 12.6 Å². The Hall–Kier alpha value is -2.29. The Balaban J connectivity index is 1.48. The largest absolute Gasteiger partial charge is 0.494 e. The van der Waals surface area contributed by atoms with Gasteiger partial charge < -0.3 is 9.47 Å². The highest BCUT2D eigenvalue weighted by Gasteiger charge is 2.21. The second kappa shape index (κ2) is 11.8. The number of hydrogen-bond donors (Lipinski definition) is 0. The van der Waals surface area contributed by atoms with Crippen LogP contribution in [0.15, 0.2) is 48.5 Å². The molecule has 0 bridgehead atoms. The predicted octanol–water partition coefficient (Wildman–Crippen LogP) is 7.55. The van der Waals surface area contributed by atoms with Crippen LogP contribution in [0, 0.1) is 5.92 Å². The van der Waals surface area contributed by atoms with E-state index >= 15 is 0 Å². The van der Waals surface area contributed by atoms with Crippen molar-refractivity contribution in [2.75, 3.05) is 6.61 Å². The van der Waals surface area contributed by atoms with E-state index in [0.29, 0.717) is 23.8 Å². The van der Waals surface area contributed by atoms with Crippen molar-refractivity contribution < 1.29 is 14.3 Å². The Labute approximate surface area is 181 Å². The summed E-state index contributed by atoms with van der Waals surface area (Å²) in [5, 5.41) is 0. The number of unbranched alkanes of at least 4 members (excludes halogenated alkanes) is 2. The Kier molecular flexibility index (Phi) is 8.80. The second-order valence-electron chi connectivity index (χ2n) is 8.54. The Morgan fingerprint density at radius 1 is 0.833 bits per heavy atom. The lowest BCUT2D eigenvalue weighted by Gasteiger charge is -2.28. The van der Waals surface area contributed by atoms with E-state index in [4.69, 9.17) is 9.47 Å². The lowest BCUT2D eigenvalue weighted by molar-refractivity contribution is 0.0734. The van der Waals surface area contributed by atoms with Gasteiger partial charge in [-0.3, -0.25) is 0 Å². The zero-order valence-electron chi connectivity index (χ0n) is 18.6. The van der Waals surface area contributed by atoms with Crippen molar-refractivity contribution in [3.05, 3.63) is 59.7 Å². The molecule has 2 aromatic rings. The molecule has 30 heavy (non-hydrogen) atoms. The van der Waals surface area contributed by atoms with Gasteiger partial charge in [0.15, 0.2) is 0 Å². The summed E-state index contributed by atoms with van der Waals surface area (Å²) in [7, 11) is 0. The van der Waals surface area contributed by atoms with Crippen LogP contribution in [0.1, 0.15) is 93.5 Å². The van der Waals surface area contributed by atoms with Gasteiger partial charge in [-0.25, -0.2) is 4.79 Å². The van der Waals surface area contributed by atoms with Crippen molar-refractivity contribution in [3.63, 3.8) is 0 Å². The van der Waals surface area contributed by atoms with E-state index in [1.807, 2.05) is 24.3 Å². The molecule has 0 heterocycles. The Bertz CT molecular complexity index is 756. The smallest absolute Gasteiger partial charge is 0.343 e. The van der Waals surface area contributed by atoms with Crippen molar-refractivity contribution in [1.29, 1.82) is 0 Å². The predicted molar refractivity (Wildman–Crippen MR) is 122 cm³/mol. The molecule has 0 N–H and O–H groups in total. The third kappa shape index (κ3) is 6.62. The molecular weight excluding hydrogens is 372 g/mol. The van der Waals surface area contributed by atoms with E-state index in [0.717, 1.165) is 18.1 Å². The summed E-state index contributed by atoms with van der Waals surface area (Å²) in [5.41, 5.74) is 1.91. The van der Waals surface area contributed by atoms with Crippen LogP contribution in [-0.2, 0) is 0 Å². The summed E-state index contributed by atoms with van der Waals surface area (Å²) in [4.78, 5) is 12.4. The monoisotopic (exact) mass is 408 g/mol. The van der Waals surface area contributed by atoms with Gasteiger partial charge in [-0.2, -0.15) is 0 Å². The first-order chi connectivity index (χ1) is 14.7. The highest BCUT2D eigenvalue weighted by molar-refractivity contribution is 5.91. The molecule has 1 aliphatic rings. The van der Waals surface area contributed by atoms with E-state index < -0.39 is 0 Å². The molecule has 2 aromatic carbocycles. The standard InChI is InChI=1S/C27H36O3/c1-3-5-6-20-29-25-16-14-24(15-17-25)27(28)30-26-18-12-23(13-19-26)22-10-8-21(7-4-2)9-11-22/h12-19,21-22H,3-11,20H2,1-2H3. The van der Waals surface area contributed by atoms with Crippen molar-refractivity contribution in [1.82, 2.24) is 0 Å². The molecule has 162 valence electrons. The number of esters is 1. The van der Waals surface area contributed by atoms with Crippen LogP contribution in [0.3, 0.4) is 0 Å². The second-order valence-corrected chi connectivity index (χ2v) is 8.54. The van der Waals surface area contributed by atoms with Gasteiger partial charge in [-0.05, 0) is 85.9 Å². The molecule has 3 nitrogen and oxygen atoms in total. The fourth-order valence-corrected chi connectivity index (χ4v) is 4.40. The summed E-state index contributed by atoms with van der Waals surface area (Å²) in [6.45, 7) is 5.17. The molecule has 1 saturated carbocycles. The summed E-state index contributed by atoms with van der Waals surface area (Å²) >= 11 is 0. The van der Waals surface area contributed by atoms with Crippen LogP contribution in [0.2, 0.25) is 0 Å². The first-order valence-corrected chi connectivity index (χ1v) is 11.7. The number of carbonyl (C=O) groups excluding carboxylic acids is 1. The minimum absolute atomic E-state index is 0.333. The number of carbonyl (C=O) groups is 1. The molecule has 3 heteroatoms. The van der Waals surface area contributed by atoms with Gasteiger partial charge in [0, 0.05) is 0 Å². The molecule has 0 spiro atoms. The average molecular weight is 409 g/mol. The minimum atomic E-state index is -0.333. The van der Waals surface area contributed by atoms with Gasteiger partial charge >= 0.3 is 5.97 Å². The third-order valence-corrected chi connectivity index (χ3v) is 6.21. The maximum atomic E-state index is 12.4. The van der Waals surface area contributed by atoms with Crippen molar-refractivity contribution >= 4 is 5.97 Å². The molecule has 0 unspecified atom stereocenters.